The Bertz CT molecular complexity index is 514. The van der Waals surface area contributed by atoms with Crippen LogP contribution in [0.1, 0.15) is 16.8 Å². The monoisotopic (exact) mass is 276 g/mol. The van der Waals surface area contributed by atoms with Crippen molar-refractivity contribution in [3.05, 3.63) is 52.6 Å². The number of H-pyrrole nitrogens is 1. The molecule has 17 heavy (non-hydrogen) atoms. The Hall–Kier alpha value is -1.13. The predicted octanol–water partition coefficient (Wildman–Crippen LogP) is 3.86. The summed E-state index contributed by atoms with van der Waals surface area (Å²) in [6.45, 7) is 0. The predicted molar refractivity (Wildman–Crippen MR) is 62.3 cm³/mol. The third-order valence-corrected chi connectivity index (χ3v) is 2.98. The molecule has 0 radical (unpaired) electrons. The summed E-state index contributed by atoms with van der Waals surface area (Å²) in [6.07, 6.45) is 3.49. The average molecular weight is 277 g/mol. The van der Waals surface area contributed by atoms with E-state index in [9.17, 15) is 8.78 Å². The summed E-state index contributed by atoms with van der Waals surface area (Å²) in [5.74, 6) is -0.698. The second-order valence-corrected chi connectivity index (χ2v) is 4.43. The molecule has 6 heteroatoms. The standard InChI is InChI=1S/C11H8Cl2F2N2/c12-7(5-11-16-1-2-17-11)6-3-10(15)8(13)4-9(6)14/h1-4,7H,5H2,(H,16,17). The van der Waals surface area contributed by atoms with Gasteiger partial charge in [-0.3, -0.25) is 0 Å². The first-order valence-electron chi connectivity index (χ1n) is 4.84. The van der Waals surface area contributed by atoms with Crippen LogP contribution >= 0.6 is 23.2 Å². The normalized spacial score (nSPS) is 12.7. The van der Waals surface area contributed by atoms with E-state index in [0.29, 0.717) is 5.82 Å². The molecule has 2 nitrogen and oxygen atoms in total. The summed E-state index contributed by atoms with van der Waals surface area (Å²) < 4.78 is 26.8. The fraction of sp³-hybridized carbons (Fsp3) is 0.182. The highest BCUT2D eigenvalue weighted by Gasteiger charge is 2.17. The summed E-state index contributed by atoms with van der Waals surface area (Å²) in [7, 11) is 0. The van der Waals surface area contributed by atoms with Crippen LogP contribution in [-0.4, -0.2) is 9.97 Å². The van der Waals surface area contributed by atoms with Gasteiger partial charge in [-0.2, -0.15) is 0 Å². The molecule has 2 aromatic rings. The lowest BCUT2D eigenvalue weighted by Crippen LogP contribution is -2.01. The van der Waals surface area contributed by atoms with E-state index in [2.05, 4.69) is 9.97 Å². The number of hydrogen-bond acceptors (Lipinski definition) is 1. The van der Waals surface area contributed by atoms with Crippen LogP contribution in [0.15, 0.2) is 24.5 Å². The molecule has 0 amide bonds. The maximum Gasteiger partial charge on any atom is 0.142 e. The molecule has 1 N–H and O–H groups in total. The van der Waals surface area contributed by atoms with Crippen LogP contribution in [-0.2, 0) is 6.42 Å². The van der Waals surface area contributed by atoms with Gasteiger partial charge in [0.2, 0.25) is 0 Å². The third-order valence-electron chi connectivity index (χ3n) is 2.30. The van der Waals surface area contributed by atoms with Crippen LogP contribution < -0.4 is 0 Å². The molecule has 1 atom stereocenters. The van der Waals surface area contributed by atoms with Crippen LogP contribution in [0.4, 0.5) is 8.78 Å². The molecule has 0 spiro atoms. The summed E-state index contributed by atoms with van der Waals surface area (Å²) in [4.78, 5) is 6.81. The molecule has 1 aromatic heterocycles. The van der Waals surface area contributed by atoms with E-state index in [1.165, 1.54) is 0 Å². The van der Waals surface area contributed by atoms with Gasteiger partial charge in [-0.1, -0.05) is 11.6 Å². The Kier molecular flexibility index (Phi) is 3.64. The highest BCUT2D eigenvalue weighted by Crippen LogP contribution is 2.29. The fourth-order valence-electron chi connectivity index (χ4n) is 1.47. The van der Waals surface area contributed by atoms with Gasteiger partial charge in [0.15, 0.2) is 0 Å². The topological polar surface area (TPSA) is 28.7 Å². The summed E-state index contributed by atoms with van der Waals surface area (Å²) in [6, 6.07) is 1.93. The second kappa shape index (κ2) is 5.02. The minimum absolute atomic E-state index is 0.0740. The zero-order chi connectivity index (χ0) is 12.4. The molecule has 0 bridgehead atoms. The highest BCUT2D eigenvalue weighted by atomic mass is 35.5. The number of aromatic amines is 1. The Morgan fingerprint density at radius 1 is 1.29 bits per heavy atom. The molecule has 1 unspecified atom stereocenters. The van der Waals surface area contributed by atoms with E-state index in [-0.39, 0.29) is 17.0 Å². The molecule has 0 saturated carbocycles. The number of nitrogens with zero attached hydrogens (tertiary/aromatic N) is 1. The number of hydrogen-bond donors (Lipinski definition) is 1. The summed E-state index contributed by atoms with van der Waals surface area (Å²) >= 11 is 11.5. The minimum atomic E-state index is -0.701. The van der Waals surface area contributed by atoms with Crippen molar-refractivity contribution in [2.75, 3.05) is 0 Å². The minimum Gasteiger partial charge on any atom is -0.349 e. The van der Waals surface area contributed by atoms with Crippen molar-refractivity contribution >= 4 is 23.2 Å². The number of benzene rings is 1. The Morgan fingerprint density at radius 2 is 2.06 bits per heavy atom. The van der Waals surface area contributed by atoms with E-state index in [1.807, 2.05) is 0 Å². The van der Waals surface area contributed by atoms with Crippen LogP contribution in [0.25, 0.3) is 0 Å². The van der Waals surface area contributed by atoms with Crippen LogP contribution in [0.5, 0.6) is 0 Å². The number of aromatic nitrogens is 2. The van der Waals surface area contributed by atoms with Crippen molar-refractivity contribution in [3.63, 3.8) is 0 Å². The lowest BCUT2D eigenvalue weighted by Gasteiger charge is -2.10. The van der Waals surface area contributed by atoms with E-state index >= 15 is 0 Å². The fourth-order valence-corrected chi connectivity index (χ4v) is 1.93. The molecule has 0 fully saturated rings. The lowest BCUT2D eigenvalue weighted by molar-refractivity contribution is 0.581. The molecule has 0 aliphatic carbocycles. The van der Waals surface area contributed by atoms with E-state index in [0.717, 1.165) is 12.1 Å². The van der Waals surface area contributed by atoms with Gasteiger partial charge in [0, 0.05) is 24.4 Å². The van der Waals surface area contributed by atoms with Crippen LogP contribution in [0.3, 0.4) is 0 Å². The first-order chi connectivity index (χ1) is 8.08. The Morgan fingerprint density at radius 3 is 2.71 bits per heavy atom. The van der Waals surface area contributed by atoms with Gasteiger partial charge in [0.1, 0.15) is 17.5 Å². The molecule has 0 saturated heterocycles. The number of alkyl halides is 1. The van der Waals surface area contributed by atoms with Gasteiger partial charge in [-0.25, -0.2) is 13.8 Å². The molecule has 90 valence electrons. The molecule has 2 rings (SSSR count). The van der Waals surface area contributed by atoms with Crippen molar-refractivity contribution in [1.82, 2.24) is 9.97 Å². The molecule has 1 heterocycles. The van der Waals surface area contributed by atoms with Crippen molar-refractivity contribution in [1.29, 1.82) is 0 Å². The number of rotatable bonds is 3. The van der Waals surface area contributed by atoms with Gasteiger partial charge in [-0.05, 0) is 12.1 Å². The number of halogens is 4. The zero-order valence-electron chi connectivity index (χ0n) is 8.55. The summed E-state index contributed by atoms with van der Waals surface area (Å²) in [5, 5.41) is -0.957. The highest BCUT2D eigenvalue weighted by molar-refractivity contribution is 6.30. The van der Waals surface area contributed by atoms with Crippen molar-refractivity contribution in [2.24, 2.45) is 0 Å². The molecular formula is C11H8Cl2F2N2. The van der Waals surface area contributed by atoms with Crippen molar-refractivity contribution in [3.8, 4) is 0 Å². The van der Waals surface area contributed by atoms with Gasteiger partial charge in [0.25, 0.3) is 0 Å². The zero-order valence-corrected chi connectivity index (χ0v) is 10.1. The molecular weight excluding hydrogens is 269 g/mol. The summed E-state index contributed by atoms with van der Waals surface area (Å²) in [5.41, 5.74) is 0.0740. The first-order valence-corrected chi connectivity index (χ1v) is 5.66. The van der Waals surface area contributed by atoms with Crippen molar-refractivity contribution < 1.29 is 8.78 Å². The largest absolute Gasteiger partial charge is 0.349 e. The molecule has 0 aliphatic rings. The molecule has 0 aliphatic heterocycles. The van der Waals surface area contributed by atoms with E-state index < -0.39 is 17.0 Å². The first kappa shape index (κ1) is 12.3. The lowest BCUT2D eigenvalue weighted by atomic mass is 10.1. The van der Waals surface area contributed by atoms with Crippen LogP contribution in [0, 0.1) is 11.6 Å². The van der Waals surface area contributed by atoms with Gasteiger partial charge in [0.05, 0.1) is 10.4 Å². The van der Waals surface area contributed by atoms with Gasteiger partial charge in [-0.15, -0.1) is 11.6 Å². The SMILES string of the molecule is Fc1cc(C(Cl)Cc2ncc[nH]2)c(F)cc1Cl. The quantitative estimate of drug-likeness (QED) is 0.669. The van der Waals surface area contributed by atoms with Gasteiger partial charge < -0.3 is 4.98 Å². The third kappa shape index (κ3) is 2.76. The second-order valence-electron chi connectivity index (χ2n) is 3.50. The van der Waals surface area contributed by atoms with Crippen molar-refractivity contribution in [2.45, 2.75) is 11.8 Å². The Labute approximate surface area is 107 Å². The van der Waals surface area contributed by atoms with E-state index in [1.54, 1.807) is 12.4 Å². The van der Waals surface area contributed by atoms with Gasteiger partial charge >= 0.3 is 0 Å². The van der Waals surface area contributed by atoms with Crippen LogP contribution in [0.2, 0.25) is 5.02 Å². The smallest absolute Gasteiger partial charge is 0.142 e. The molecule has 1 aromatic carbocycles. The Balaban J connectivity index is 2.24. The number of imidazole rings is 1. The van der Waals surface area contributed by atoms with E-state index in [4.69, 9.17) is 23.2 Å². The maximum absolute atomic E-state index is 13.5. The average Bonchev–Trinajstić information content (AvgIpc) is 2.76. The number of nitrogens with one attached hydrogen (secondary N) is 1. The maximum atomic E-state index is 13.5.